The first kappa shape index (κ1) is 10.9. The second kappa shape index (κ2) is 4.23. The first-order valence-corrected chi connectivity index (χ1v) is 5.83. The molecule has 0 spiro atoms. The summed E-state index contributed by atoms with van der Waals surface area (Å²) in [6, 6.07) is 11.6. The van der Waals surface area contributed by atoms with Gasteiger partial charge in [0.1, 0.15) is 0 Å². The Labute approximate surface area is 105 Å². The summed E-state index contributed by atoms with van der Waals surface area (Å²) >= 11 is 0. The maximum Gasteiger partial charge on any atom is 0.154 e. The van der Waals surface area contributed by atoms with Crippen LogP contribution in [-0.2, 0) is 0 Å². The van der Waals surface area contributed by atoms with Crippen molar-refractivity contribution in [1.29, 1.82) is 0 Å². The highest BCUT2D eigenvalue weighted by Crippen LogP contribution is 2.19. The van der Waals surface area contributed by atoms with Crippen LogP contribution in [0.15, 0.2) is 48.8 Å². The molecule has 3 aromatic rings. The molecule has 3 rings (SSSR count). The quantitative estimate of drug-likeness (QED) is 0.747. The maximum absolute atomic E-state index is 9.60. The van der Waals surface area contributed by atoms with E-state index >= 15 is 0 Å². The van der Waals surface area contributed by atoms with E-state index in [0.717, 1.165) is 22.3 Å². The van der Waals surface area contributed by atoms with Crippen molar-refractivity contribution in [2.24, 2.45) is 0 Å². The molecule has 0 bridgehead atoms. The molecule has 4 nitrogen and oxygen atoms in total. The maximum atomic E-state index is 9.60. The number of hydrogen-bond donors (Lipinski definition) is 1. The molecule has 0 aliphatic carbocycles. The van der Waals surface area contributed by atoms with Crippen LogP contribution >= 0.6 is 0 Å². The highest BCUT2D eigenvalue weighted by molar-refractivity contribution is 5.79. The predicted octanol–water partition coefficient (Wildman–Crippen LogP) is 2.47. The minimum atomic E-state index is -0.506. The summed E-state index contributed by atoms with van der Waals surface area (Å²) in [6.45, 7) is 1.74. The largest absolute Gasteiger partial charge is 0.389 e. The van der Waals surface area contributed by atoms with Gasteiger partial charge in [-0.25, -0.2) is 9.67 Å². The highest BCUT2D eigenvalue weighted by atomic mass is 16.3. The van der Waals surface area contributed by atoms with Gasteiger partial charge in [0.05, 0.1) is 17.8 Å². The lowest BCUT2D eigenvalue weighted by atomic mass is 10.2. The Hall–Kier alpha value is -2.20. The van der Waals surface area contributed by atoms with Gasteiger partial charge >= 0.3 is 0 Å². The molecule has 1 atom stereocenters. The van der Waals surface area contributed by atoms with Gasteiger partial charge in [0.2, 0.25) is 0 Å². The third-order valence-corrected chi connectivity index (χ3v) is 2.95. The van der Waals surface area contributed by atoms with Crippen molar-refractivity contribution in [2.75, 3.05) is 0 Å². The Morgan fingerprint density at radius 2 is 2.06 bits per heavy atom. The molecule has 0 fully saturated rings. The van der Waals surface area contributed by atoms with Crippen LogP contribution in [0.5, 0.6) is 0 Å². The molecule has 0 saturated heterocycles. The molecule has 4 heteroatoms. The molecule has 0 amide bonds. The number of hydrogen-bond acceptors (Lipinski definition) is 3. The van der Waals surface area contributed by atoms with Crippen molar-refractivity contribution >= 4 is 10.9 Å². The van der Waals surface area contributed by atoms with Crippen LogP contribution in [0, 0.1) is 0 Å². The Balaban J connectivity index is 2.17. The number of fused-ring (bicyclic) bond motifs is 1. The van der Waals surface area contributed by atoms with E-state index in [-0.39, 0.29) is 0 Å². The summed E-state index contributed by atoms with van der Waals surface area (Å²) in [6.07, 6.45) is 2.99. The number of para-hydroxylation sites is 1. The number of aromatic nitrogens is 3. The SMILES string of the molecule is CC(O)c1ccnc(-n2ncc3ccccc32)c1. The smallest absolute Gasteiger partial charge is 0.154 e. The van der Waals surface area contributed by atoms with E-state index in [0.29, 0.717) is 0 Å². The zero-order chi connectivity index (χ0) is 12.5. The Morgan fingerprint density at radius 3 is 2.89 bits per heavy atom. The van der Waals surface area contributed by atoms with Gasteiger partial charge in [0.25, 0.3) is 0 Å². The van der Waals surface area contributed by atoms with Gasteiger partial charge in [-0.3, -0.25) is 0 Å². The summed E-state index contributed by atoms with van der Waals surface area (Å²) in [5.41, 5.74) is 1.84. The van der Waals surface area contributed by atoms with Gasteiger partial charge in [-0.1, -0.05) is 18.2 Å². The lowest BCUT2D eigenvalue weighted by Gasteiger charge is -2.07. The average Bonchev–Trinajstić information content (AvgIpc) is 2.82. The van der Waals surface area contributed by atoms with Crippen LogP contribution < -0.4 is 0 Å². The second-order valence-corrected chi connectivity index (χ2v) is 4.24. The van der Waals surface area contributed by atoms with Gasteiger partial charge in [0, 0.05) is 11.6 Å². The molecular weight excluding hydrogens is 226 g/mol. The topological polar surface area (TPSA) is 50.9 Å². The molecular formula is C14H13N3O. The Bertz CT molecular complexity index is 688. The molecule has 1 aromatic carbocycles. The van der Waals surface area contributed by atoms with E-state index in [9.17, 15) is 5.11 Å². The van der Waals surface area contributed by atoms with E-state index in [1.807, 2.05) is 36.5 Å². The van der Waals surface area contributed by atoms with Crippen molar-refractivity contribution in [2.45, 2.75) is 13.0 Å². The molecule has 2 aromatic heterocycles. The van der Waals surface area contributed by atoms with Crippen molar-refractivity contribution in [1.82, 2.24) is 14.8 Å². The van der Waals surface area contributed by atoms with Gasteiger partial charge in [-0.2, -0.15) is 5.10 Å². The molecule has 1 N–H and O–H groups in total. The molecule has 18 heavy (non-hydrogen) atoms. The standard InChI is InChI=1S/C14H13N3O/c1-10(18)11-6-7-15-14(8-11)17-13-5-3-2-4-12(13)9-16-17/h2-10,18H,1H3. The number of aliphatic hydroxyl groups excluding tert-OH is 1. The number of aliphatic hydroxyl groups is 1. The zero-order valence-electron chi connectivity index (χ0n) is 9.99. The molecule has 0 radical (unpaired) electrons. The van der Waals surface area contributed by atoms with Crippen LogP contribution in [0.2, 0.25) is 0 Å². The average molecular weight is 239 g/mol. The number of nitrogens with zero attached hydrogens (tertiary/aromatic N) is 3. The van der Waals surface area contributed by atoms with Crippen LogP contribution in [0.25, 0.3) is 16.7 Å². The molecule has 0 aliphatic rings. The summed E-state index contributed by atoms with van der Waals surface area (Å²) in [4.78, 5) is 4.30. The van der Waals surface area contributed by atoms with Crippen LogP contribution in [0.4, 0.5) is 0 Å². The summed E-state index contributed by atoms with van der Waals surface area (Å²) in [5.74, 6) is 0.717. The zero-order valence-corrected chi connectivity index (χ0v) is 9.99. The molecule has 2 heterocycles. The third-order valence-electron chi connectivity index (χ3n) is 2.95. The van der Waals surface area contributed by atoms with E-state index in [1.54, 1.807) is 23.9 Å². The van der Waals surface area contributed by atoms with Gasteiger partial charge in [-0.05, 0) is 30.7 Å². The molecule has 90 valence electrons. The minimum absolute atomic E-state index is 0.506. The first-order chi connectivity index (χ1) is 8.75. The molecule has 0 aliphatic heterocycles. The fourth-order valence-electron chi connectivity index (χ4n) is 1.96. The first-order valence-electron chi connectivity index (χ1n) is 5.83. The van der Waals surface area contributed by atoms with Gasteiger partial charge < -0.3 is 5.11 Å². The monoisotopic (exact) mass is 239 g/mol. The number of benzene rings is 1. The normalized spacial score (nSPS) is 12.8. The lowest BCUT2D eigenvalue weighted by molar-refractivity contribution is 0.199. The second-order valence-electron chi connectivity index (χ2n) is 4.24. The fraction of sp³-hybridized carbons (Fsp3) is 0.143. The number of pyridine rings is 1. The van der Waals surface area contributed by atoms with Crippen molar-refractivity contribution in [3.63, 3.8) is 0 Å². The lowest BCUT2D eigenvalue weighted by Crippen LogP contribution is -2.01. The minimum Gasteiger partial charge on any atom is -0.389 e. The van der Waals surface area contributed by atoms with Crippen molar-refractivity contribution < 1.29 is 5.11 Å². The highest BCUT2D eigenvalue weighted by Gasteiger charge is 2.07. The predicted molar refractivity (Wildman–Crippen MR) is 69.5 cm³/mol. The summed E-state index contributed by atoms with van der Waals surface area (Å²) in [7, 11) is 0. The fourth-order valence-corrected chi connectivity index (χ4v) is 1.96. The van der Waals surface area contributed by atoms with E-state index in [2.05, 4.69) is 10.1 Å². The van der Waals surface area contributed by atoms with E-state index < -0.39 is 6.10 Å². The Kier molecular flexibility index (Phi) is 2.57. The summed E-state index contributed by atoms with van der Waals surface area (Å²) in [5, 5.41) is 15.0. The van der Waals surface area contributed by atoms with Crippen LogP contribution in [0.3, 0.4) is 0 Å². The van der Waals surface area contributed by atoms with E-state index in [1.165, 1.54) is 0 Å². The summed E-state index contributed by atoms with van der Waals surface area (Å²) < 4.78 is 1.78. The Morgan fingerprint density at radius 1 is 1.22 bits per heavy atom. The van der Waals surface area contributed by atoms with Crippen LogP contribution in [0.1, 0.15) is 18.6 Å². The molecule has 1 unspecified atom stereocenters. The third kappa shape index (κ3) is 1.76. The van der Waals surface area contributed by atoms with Gasteiger partial charge in [0.15, 0.2) is 5.82 Å². The molecule has 0 saturated carbocycles. The van der Waals surface area contributed by atoms with Crippen molar-refractivity contribution in [3.8, 4) is 5.82 Å². The number of rotatable bonds is 2. The van der Waals surface area contributed by atoms with Crippen LogP contribution in [-0.4, -0.2) is 19.9 Å². The van der Waals surface area contributed by atoms with Crippen molar-refractivity contribution in [3.05, 3.63) is 54.4 Å². The van der Waals surface area contributed by atoms with E-state index in [4.69, 9.17) is 0 Å². The van der Waals surface area contributed by atoms with Gasteiger partial charge in [-0.15, -0.1) is 0 Å².